The molecule has 2 amide bonds. The van der Waals surface area contributed by atoms with Crippen molar-refractivity contribution in [3.05, 3.63) is 29.8 Å². The quantitative estimate of drug-likeness (QED) is 0.516. The smallest absolute Gasteiger partial charge is 0.309 e. The second kappa shape index (κ2) is 9.85. The molecule has 0 aliphatic carbocycles. The van der Waals surface area contributed by atoms with Gasteiger partial charge in [0.25, 0.3) is 0 Å². The number of amides is 2. The average Bonchev–Trinajstić information content (AvgIpc) is 3.13. The first kappa shape index (κ1) is 21.4. The van der Waals surface area contributed by atoms with Crippen molar-refractivity contribution in [3.63, 3.8) is 0 Å². The van der Waals surface area contributed by atoms with Crippen LogP contribution in [-0.2, 0) is 19.6 Å². The fourth-order valence-electron chi connectivity index (χ4n) is 3.12. The van der Waals surface area contributed by atoms with E-state index in [-0.39, 0.29) is 17.5 Å². The Morgan fingerprint density at radius 3 is 2.44 bits per heavy atom. The van der Waals surface area contributed by atoms with Crippen molar-refractivity contribution in [3.8, 4) is 0 Å². The standard InChI is InChI=1S/C19H29N3O4S/c1-3-4-5-12-20-18(23)19(24)21-14-16-7-6-13-22(16)27(25,26)17-10-8-15(2)9-11-17/h8-11,16H,3-7,12-14H2,1-2H3,(H,20,23)(H,21,24). The van der Waals surface area contributed by atoms with E-state index in [0.29, 0.717) is 19.5 Å². The van der Waals surface area contributed by atoms with Crippen LogP contribution in [-0.4, -0.2) is 50.2 Å². The Balaban J connectivity index is 1.91. The maximum absolute atomic E-state index is 12.9. The molecular weight excluding hydrogens is 366 g/mol. The summed E-state index contributed by atoms with van der Waals surface area (Å²) in [4.78, 5) is 24.0. The monoisotopic (exact) mass is 395 g/mol. The number of nitrogens with one attached hydrogen (secondary N) is 2. The van der Waals surface area contributed by atoms with Gasteiger partial charge in [-0.05, 0) is 38.3 Å². The van der Waals surface area contributed by atoms with Gasteiger partial charge in [-0.15, -0.1) is 0 Å². The molecule has 2 rings (SSSR count). The summed E-state index contributed by atoms with van der Waals surface area (Å²) in [5.41, 5.74) is 0.990. The number of hydrogen-bond donors (Lipinski definition) is 2. The molecule has 1 aromatic carbocycles. The van der Waals surface area contributed by atoms with E-state index in [0.717, 1.165) is 31.2 Å². The van der Waals surface area contributed by atoms with Crippen LogP contribution in [0.3, 0.4) is 0 Å². The van der Waals surface area contributed by atoms with Gasteiger partial charge in [0.15, 0.2) is 0 Å². The van der Waals surface area contributed by atoms with Crippen LogP contribution >= 0.6 is 0 Å². The van der Waals surface area contributed by atoms with Crippen molar-refractivity contribution < 1.29 is 18.0 Å². The lowest BCUT2D eigenvalue weighted by atomic mass is 10.2. The Kier molecular flexibility index (Phi) is 7.79. The number of unbranched alkanes of at least 4 members (excludes halogenated alkanes) is 2. The minimum Gasteiger partial charge on any atom is -0.348 e. The van der Waals surface area contributed by atoms with E-state index in [1.807, 2.05) is 6.92 Å². The van der Waals surface area contributed by atoms with Gasteiger partial charge in [0.05, 0.1) is 4.90 Å². The minimum absolute atomic E-state index is 0.131. The molecule has 2 N–H and O–H groups in total. The average molecular weight is 396 g/mol. The summed E-state index contributed by atoms with van der Waals surface area (Å²) in [6.45, 7) is 4.98. The van der Waals surface area contributed by atoms with Gasteiger partial charge in [-0.2, -0.15) is 4.31 Å². The van der Waals surface area contributed by atoms with Crippen LogP contribution in [0.5, 0.6) is 0 Å². The molecule has 0 saturated carbocycles. The molecule has 1 atom stereocenters. The Morgan fingerprint density at radius 2 is 1.78 bits per heavy atom. The van der Waals surface area contributed by atoms with Crippen molar-refractivity contribution in [1.82, 2.24) is 14.9 Å². The van der Waals surface area contributed by atoms with Gasteiger partial charge in [0.2, 0.25) is 10.0 Å². The van der Waals surface area contributed by atoms with Gasteiger partial charge in [0.1, 0.15) is 0 Å². The fraction of sp³-hybridized carbons (Fsp3) is 0.579. The summed E-state index contributed by atoms with van der Waals surface area (Å²) in [5, 5.41) is 5.15. The molecule has 0 spiro atoms. The first-order chi connectivity index (χ1) is 12.9. The van der Waals surface area contributed by atoms with E-state index in [1.165, 1.54) is 4.31 Å². The summed E-state index contributed by atoms with van der Waals surface area (Å²) in [7, 11) is -3.61. The van der Waals surface area contributed by atoms with E-state index in [9.17, 15) is 18.0 Å². The van der Waals surface area contributed by atoms with Gasteiger partial charge in [-0.3, -0.25) is 9.59 Å². The predicted molar refractivity (Wildman–Crippen MR) is 104 cm³/mol. The lowest BCUT2D eigenvalue weighted by Gasteiger charge is -2.24. The zero-order valence-electron chi connectivity index (χ0n) is 16.0. The zero-order valence-corrected chi connectivity index (χ0v) is 16.8. The number of sulfonamides is 1. The van der Waals surface area contributed by atoms with Crippen LogP contribution in [0.15, 0.2) is 29.2 Å². The normalized spacial score (nSPS) is 17.6. The van der Waals surface area contributed by atoms with Gasteiger partial charge in [-0.1, -0.05) is 37.5 Å². The highest BCUT2D eigenvalue weighted by Gasteiger charge is 2.35. The molecule has 1 unspecified atom stereocenters. The third-order valence-electron chi connectivity index (χ3n) is 4.72. The molecule has 1 aliphatic rings. The van der Waals surface area contributed by atoms with E-state index in [2.05, 4.69) is 17.6 Å². The van der Waals surface area contributed by atoms with Crippen LogP contribution in [0.4, 0.5) is 0 Å². The topological polar surface area (TPSA) is 95.6 Å². The Hall–Kier alpha value is -1.93. The summed E-state index contributed by atoms with van der Waals surface area (Å²) in [6.07, 6.45) is 4.25. The summed E-state index contributed by atoms with van der Waals surface area (Å²) in [5.74, 6) is -1.39. The number of carbonyl (C=O) groups excluding carboxylic acids is 2. The molecular formula is C19H29N3O4S. The second-order valence-electron chi connectivity index (χ2n) is 6.90. The third kappa shape index (κ3) is 5.77. The number of rotatable bonds is 8. The highest BCUT2D eigenvalue weighted by molar-refractivity contribution is 7.89. The fourth-order valence-corrected chi connectivity index (χ4v) is 4.82. The van der Waals surface area contributed by atoms with Crippen molar-refractivity contribution in [2.24, 2.45) is 0 Å². The molecule has 1 heterocycles. The molecule has 7 nitrogen and oxygen atoms in total. The van der Waals surface area contributed by atoms with E-state index >= 15 is 0 Å². The lowest BCUT2D eigenvalue weighted by molar-refractivity contribution is -0.139. The largest absolute Gasteiger partial charge is 0.348 e. The van der Waals surface area contributed by atoms with Crippen LogP contribution < -0.4 is 10.6 Å². The number of benzene rings is 1. The molecule has 8 heteroatoms. The van der Waals surface area contributed by atoms with Gasteiger partial charge in [-0.25, -0.2) is 8.42 Å². The molecule has 1 aromatic rings. The van der Waals surface area contributed by atoms with Crippen LogP contribution in [0.1, 0.15) is 44.6 Å². The van der Waals surface area contributed by atoms with Crippen molar-refractivity contribution in [2.45, 2.75) is 56.9 Å². The summed E-state index contributed by atoms with van der Waals surface area (Å²) in [6, 6.07) is 6.39. The van der Waals surface area contributed by atoms with Crippen molar-refractivity contribution in [2.75, 3.05) is 19.6 Å². The SMILES string of the molecule is CCCCCNC(=O)C(=O)NCC1CCCN1S(=O)(=O)c1ccc(C)cc1. The predicted octanol–water partition coefficient (Wildman–Crippen LogP) is 1.57. The highest BCUT2D eigenvalue weighted by Crippen LogP contribution is 2.25. The Morgan fingerprint density at radius 1 is 1.11 bits per heavy atom. The molecule has 1 saturated heterocycles. The molecule has 0 bridgehead atoms. The van der Waals surface area contributed by atoms with Gasteiger partial charge >= 0.3 is 11.8 Å². The van der Waals surface area contributed by atoms with E-state index in [4.69, 9.17) is 0 Å². The zero-order chi connectivity index (χ0) is 19.9. The highest BCUT2D eigenvalue weighted by atomic mass is 32.2. The van der Waals surface area contributed by atoms with Crippen LogP contribution in [0, 0.1) is 6.92 Å². The Bertz CT molecular complexity index is 747. The first-order valence-electron chi connectivity index (χ1n) is 9.50. The molecule has 1 fully saturated rings. The van der Waals surface area contributed by atoms with Crippen LogP contribution in [0.2, 0.25) is 0 Å². The number of nitrogens with zero attached hydrogens (tertiary/aromatic N) is 1. The lowest BCUT2D eigenvalue weighted by Crippen LogP contribution is -2.47. The third-order valence-corrected chi connectivity index (χ3v) is 6.69. The maximum atomic E-state index is 12.9. The van der Waals surface area contributed by atoms with E-state index < -0.39 is 21.8 Å². The molecule has 27 heavy (non-hydrogen) atoms. The second-order valence-corrected chi connectivity index (χ2v) is 8.79. The molecule has 0 radical (unpaired) electrons. The molecule has 1 aliphatic heterocycles. The Labute approximate surface area is 161 Å². The van der Waals surface area contributed by atoms with Gasteiger partial charge in [0, 0.05) is 25.7 Å². The number of hydrogen-bond acceptors (Lipinski definition) is 4. The summed E-state index contributed by atoms with van der Waals surface area (Å²) >= 11 is 0. The van der Waals surface area contributed by atoms with Crippen molar-refractivity contribution in [1.29, 1.82) is 0 Å². The first-order valence-corrected chi connectivity index (χ1v) is 10.9. The number of aryl methyl sites for hydroxylation is 1. The molecule has 0 aromatic heterocycles. The summed E-state index contributed by atoms with van der Waals surface area (Å²) < 4.78 is 27.2. The number of carbonyl (C=O) groups is 2. The van der Waals surface area contributed by atoms with Crippen molar-refractivity contribution >= 4 is 21.8 Å². The maximum Gasteiger partial charge on any atom is 0.309 e. The van der Waals surface area contributed by atoms with Gasteiger partial charge < -0.3 is 10.6 Å². The minimum atomic E-state index is -3.61. The molecule has 150 valence electrons. The van der Waals surface area contributed by atoms with Crippen LogP contribution in [0.25, 0.3) is 0 Å². The van der Waals surface area contributed by atoms with E-state index in [1.54, 1.807) is 24.3 Å².